The molecule has 4 rings (SSSR count). The fourth-order valence-electron chi connectivity index (χ4n) is 3.61. The van der Waals surface area contributed by atoms with Gasteiger partial charge in [-0.1, -0.05) is 0 Å². The largest absolute Gasteiger partial charge is 0.339 e. The lowest BCUT2D eigenvalue weighted by Crippen LogP contribution is -2.38. The zero-order valence-corrected chi connectivity index (χ0v) is 16.2. The summed E-state index contributed by atoms with van der Waals surface area (Å²) >= 11 is 0. The van der Waals surface area contributed by atoms with Crippen molar-refractivity contribution in [1.82, 2.24) is 29.1 Å². The summed E-state index contributed by atoms with van der Waals surface area (Å²) in [6.45, 7) is 4.50. The maximum absolute atomic E-state index is 12.9. The summed E-state index contributed by atoms with van der Waals surface area (Å²) in [6, 6.07) is 7.50. The van der Waals surface area contributed by atoms with Crippen LogP contribution in [0.5, 0.6) is 0 Å². The lowest BCUT2D eigenvalue weighted by atomic mass is 10.1. The standard InChI is InChI=1S/C20H24N6O2/c1-15-6-9-26(22-15)13-19(27)24-7-3-8-25(11-10-24)20(28)16-4-5-18-17(12-16)21-14-23(18)2/h4-6,9,12,14H,3,7-8,10-11,13H2,1-2H3. The van der Waals surface area contributed by atoms with Crippen LogP contribution in [0.2, 0.25) is 0 Å². The molecule has 2 amide bonds. The lowest BCUT2D eigenvalue weighted by molar-refractivity contribution is -0.131. The Balaban J connectivity index is 1.41. The van der Waals surface area contributed by atoms with Gasteiger partial charge in [-0.3, -0.25) is 14.3 Å². The minimum Gasteiger partial charge on any atom is -0.339 e. The van der Waals surface area contributed by atoms with Gasteiger partial charge < -0.3 is 14.4 Å². The number of fused-ring (bicyclic) bond motifs is 1. The van der Waals surface area contributed by atoms with E-state index in [1.807, 2.05) is 58.8 Å². The third-order valence-electron chi connectivity index (χ3n) is 5.18. The van der Waals surface area contributed by atoms with Gasteiger partial charge in [0.2, 0.25) is 5.91 Å². The van der Waals surface area contributed by atoms with Gasteiger partial charge in [0.25, 0.3) is 5.91 Å². The molecule has 0 unspecified atom stereocenters. The molecule has 0 radical (unpaired) electrons. The third-order valence-corrected chi connectivity index (χ3v) is 5.18. The van der Waals surface area contributed by atoms with E-state index < -0.39 is 0 Å². The van der Waals surface area contributed by atoms with Gasteiger partial charge in [0.1, 0.15) is 6.54 Å². The van der Waals surface area contributed by atoms with Crippen molar-refractivity contribution in [2.45, 2.75) is 19.9 Å². The number of benzene rings is 1. The Bertz CT molecular complexity index is 1020. The molecule has 0 saturated carbocycles. The van der Waals surface area contributed by atoms with E-state index in [0.29, 0.717) is 31.7 Å². The van der Waals surface area contributed by atoms with Crippen LogP contribution in [0.4, 0.5) is 0 Å². The van der Waals surface area contributed by atoms with Crippen LogP contribution < -0.4 is 0 Å². The van der Waals surface area contributed by atoms with Crippen molar-refractivity contribution in [2.75, 3.05) is 26.2 Å². The number of imidazole rings is 1. The van der Waals surface area contributed by atoms with Crippen LogP contribution in [0.25, 0.3) is 11.0 Å². The number of aromatic nitrogens is 4. The van der Waals surface area contributed by atoms with E-state index in [1.54, 1.807) is 11.0 Å². The van der Waals surface area contributed by atoms with Crippen molar-refractivity contribution in [3.05, 3.63) is 48.0 Å². The number of hydrogen-bond acceptors (Lipinski definition) is 4. The second kappa shape index (κ2) is 7.46. The average molecular weight is 380 g/mol. The van der Waals surface area contributed by atoms with Crippen LogP contribution in [0, 0.1) is 6.92 Å². The Morgan fingerprint density at radius 1 is 1.07 bits per heavy atom. The highest BCUT2D eigenvalue weighted by Gasteiger charge is 2.23. The van der Waals surface area contributed by atoms with Gasteiger partial charge in [0, 0.05) is 45.0 Å². The Hall–Kier alpha value is -3.16. The number of hydrogen-bond donors (Lipinski definition) is 0. The molecule has 28 heavy (non-hydrogen) atoms. The molecular weight excluding hydrogens is 356 g/mol. The van der Waals surface area contributed by atoms with E-state index in [-0.39, 0.29) is 18.4 Å². The topological polar surface area (TPSA) is 76.3 Å². The monoisotopic (exact) mass is 380 g/mol. The first-order valence-electron chi connectivity index (χ1n) is 9.49. The highest BCUT2D eigenvalue weighted by molar-refractivity contribution is 5.97. The maximum atomic E-state index is 12.9. The van der Waals surface area contributed by atoms with Gasteiger partial charge in [-0.25, -0.2) is 4.98 Å². The predicted octanol–water partition coefficient (Wildman–Crippen LogP) is 1.45. The quantitative estimate of drug-likeness (QED) is 0.689. The summed E-state index contributed by atoms with van der Waals surface area (Å²) < 4.78 is 3.59. The molecular formula is C20H24N6O2. The van der Waals surface area contributed by atoms with E-state index in [9.17, 15) is 9.59 Å². The van der Waals surface area contributed by atoms with Gasteiger partial charge in [-0.05, 0) is 37.6 Å². The average Bonchev–Trinajstić information content (AvgIpc) is 3.16. The molecule has 146 valence electrons. The maximum Gasteiger partial charge on any atom is 0.253 e. The molecule has 2 aromatic heterocycles. The Morgan fingerprint density at radius 2 is 1.86 bits per heavy atom. The minimum absolute atomic E-state index is 0.00967. The van der Waals surface area contributed by atoms with E-state index >= 15 is 0 Å². The van der Waals surface area contributed by atoms with E-state index in [1.165, 1.54) is 0 Å². The Morgan fingerprint density at radius 3 is 2.64 bits per heavy atom. The van der Waals surface area contributed by atoms with Gasteiger partial charge in [-0.15, -0.1) is 0 Å². The van der Waals surface area contributed by atoms with Crippen LogP contribution in [-0.4, -0.2) is 67.1 Å². The molecule has 0 bridgehead atoms. The van der Waals surface area contributed by atoms with E-state index in [2.05, 4.69) is 10.1 Å². The molecule has 1 aliphatic heterocycles. The van der Waals surface area contributed by atoms with Gasteiger partial charge >= 0.3 is 0 Å². The second-order valence-corrected chi connectivity index (χ2v) is 7.24. The first kappa shape index (κ1) is 18.2. The molecule has 1 aromatic carbocycles. The summed E-state index contributed by atoms with van der Waals surface area (Å²) in [6.07, 6.45) is 4.32. The minimum atomic E-state index is -0.00967. The molecule has 0 N–H and O–H groups in total. The van der Waals surface area contributed by atoms with Gasteiger partial charge in [0.05, 0.1) is 23.1 Å². The number of aryl methyl sites for hydroxylation is 2. The molecule has 1 aliphatic rings. The SMILES string of the molecule is Cc1ccn(CC(=O)N2CCCN(C(=O)c3ccc4c(c3)ncn4C)CC2)n1. The van der Waals surface area contributed by atoms with Crippen LogP contribution in [-0.2, 0) is 18.4 Å². The molecule has 3 heterocycles. The fourth-order valence-corrected chi connectivity index (χ4v) is 3.61. The van der Waals surface area contributed by atoms with Crippen molar-refractivity contribution in [3.8, 4) is 0 Å². The number of nitrogens with zero attached hydrogens (tertiary/aromatic N) is 6. The summed E-state index contributed by atoms with van der Waals surface area (Å²) in [5, 5.41) is 4.28. The normalized spacial score (nSPS) is 15.1. The van der Waals surface area contributed by atoms with E-state index in [0.717, 1.165) is 23.1 Å². The highest BCUT2D eigenvalue weighted by Crippen LogP contribution is 2.16. The first-order chi connectivity index (χ1) is 13.5. The molecule has 0 spiro atoms. The van der Waals surface area contributed by atoms with Crippen molar-refractivity contribution in [2.24, 2.45) is 7.05 Å². The molecule has 0 aliphatic carbocycles. The summed E-state index contributed by atoms with van der Waals surface area (Å²) in [5.41, 5.74) is 3.34. The lowest BCUT2D eigenvalue weighted by Gasteiger charge is -2.22. The zero-order chi connectivity index (χ0) is 19.7. The van der Waals surface area contributed by atoms with Crippen molar-refractivity contribution in [3.63, 3.8) is 0 Å². The number of carbonyl (C=O) groups is 2. The van der Waals surface area contributed by atoms with Crippen molar-refractivity contribution < 1.29 is 9.59 Å². The fraction of sp³-hybridized carbons (Fsp3) is 0.400. The first-order valence-corrected chi connectivity index (χ1v) is 9.49. The summed E-state index contributed by atoms with van der Waals surface area (Å²) in [5.74, 6) is 0.0249. The number of rotatable bonds is 3. The van der Waals surface area contributed by atoms with Crippen molar-refractivity contribution in [1.29, 1.82) is 0 Å². The van der Waals surface area contributed by atoms with Crippen LogP contribution in [0.1, 0.15) is 22.5 Å². The highest BCUT2D eigenvalue weighted by atomic mass is 16.2. The molecule has 1 saturated heterocycles. The molecule has 0 atom stereocenters. The van der Waals surface area contributed by atoms with Crippen LogP contribution in [0.15, 0.2) is 36.8 Å². The van der Waals surface area contributed by atoms with Crippen LogP contribution >= 0.6 is 0 Å². The summed E-state index contributed by atoms with van der Waals surface area (Å²) in [7, 11) is 1.93. The van der Waals surface area contributed by atoms with Crippen molar-refractivity contribution >= 4 is 22.8 Å². The van der Waals surface area contributed by atoms with Gasteiger partial charge in [-0.2, -0.15) is 5.10 Å². The predicted molar refractivity (Wildman–Crippen MR) is 105 cm³/mol. The number of amides is 2. The smallest absolute Gasteiger partial charge is 0.253 e. The number of carbonyl (C=O) groups excluding carboxylic acids is 2. The Labute approximate surface area is 163 Å². The van der Waals surface area contributed by atoms with E-state index in [4.69, 9.17) is 0 Å². The summed E-state index contributed by atoms with van der Waals surface area (Å²) in [4.78, 5) is 33.5. The zero-order valence-electron chi connectivity index (χ0n) is 16.2. The molecule has 1 fully saturated rings. The van der Waals surface area contributed by atoms with Crippen LogP contribution in [0.3, 0.4) is 0 Å². The molecule has 8 nitrogen and oxygen atoms in total. The van der Waals surface area contributed by atoms with Gasteiger partial charge in [0.15, 0.2) is 0 Å². The third kappa shape index (κ3) is 3.62. The molecule has 8 heteroatoms. The molecule has 3 aromatic rings. The Kier molecular flexibility index (Phi) is 4.85. The second-order valence-electron chi connectivity index (χ2n) is 7.24.